The van der Waals surface area contributed by atoms with Crippen LogP contribution in [0.25, 0.3) is 0 Å². The first kappa shape index (κ1) is 15.7. The highest BCUT2D eigenvalue weighted by atomic mass is 35.5. The summed E-state index contributed by atoms with van der Waals surface area (Å²) in [6.45, 7) is 3.04. The highest BCUT2D eigenvalue weighted by Gasteiger charge is 2.26. The number of halogens is 2. The predicted octanol–water partition coefficient (Wildman–Crippen LogP) is 1.62. The van der Waals surface area contributed by atoms with Crippen molar-refractivity contribution in [2.75, 3.05) is 33.7 Å². The molecule has 0 spiro atoms. The van der Waals surface area contributed by atoms with E-state index in [1.165, 1.54) is 6.07 Å². The van der Waals surface area contributed by atoms with Crippen LogP contribution in [0, 0.1) is 5.82 Å². The van der Waals surface area contributed by atoms with Crippen molar-refractivity contribution in [2.24, 2.45) is 5.84 Å². The van der Waals surface area contributed by atoms with Crippen molar-refractivity contribution in [3.8, 4) is 0 Å². The Morgan fingerprint density at radius 3 is 2.85 bits per heavy atom. The summed E-state index contributed by atoms with van der Waals surface area (Å²) in [6, 6.07) is 4.87. The molecule has 20 heavy (non-hydrogen) atoms. The monoisotopic (exact) mass is 300 g/mol. The van der Waals surface area contributed by atoms with E-state index in [9.17, 15) is 4.39 Å². The predicted molar refractivity (Wildman–Crippen MR) is 80.0 cm³/mol. The second kappa shape index (κ2) is 6.83. The summed E-state index contributed by atoms with van der Waals surface area (Å²) in [7, 11) is 4.21. The highest BCUT2D eigenvalue weighted by Crippen LogP contribution is 2.25. The van der Waals surface area contributed by atoms with E-state index < -0.39 is 0 Å². The molecule has 0 bridgehead atoms. The summed E-state index contributed by atoms with van der Waals surface area (Å²) in [6.07, 6.45) is 0.760. The smallest absolute Gasteiger partial charge is 0.129 e. The summed E-state index contributed by atoms with van der Waals surface area (Å²) in [5, 5.41) is 0.400. The molecule has 0 aromatic heterocycles. The molecule has 3 N–H and O–H groups in total. The number of nitrogens with two attached hydrogens (primary N) is 1. The van der Waals surface area contributed by atoms with E-state index in [2.05, 4.69) is 29.3 Å². The van der Waals surface area contributed by atoms with E-state index in [1.54, 1.807) is 12.1 Å². The third-order valence-corrected chi connectivity index (χ3v) is 4.26. The van der Waals surface area contributed by atoms with Crippen LogP contribution < -0.4 is 11.3 Å². The van der Waals surface area contributed by atoms with Crippen LogP contribution in [0.1, 0.15) is 18.0 Å². The molecule has 6 heteroatoms. The molecule has 0 saturated carbocycles. The zero-order valence-electron chi connectivity index (χ0n) is 11.9. The topological polar surface area (TPSA) is 44.5 Å². The maximum absolute atomic E-state index is 14.0. The Balaban J connectivity index is 2.11. The van der Waals surface area contributed by atoms with Crippen LogP contribution in [0.5, 0.6) is 0 Å². The second-order valence-corrected chi connectivity index (χ2v) is 5.95. The van der Waals surface area contributed by atoms with Crippen LogP contribution in [0.3, 0.4) is 0 Å². The van der Waals surface area contributed by atoms with Crippen molar-refractivity contribution in [2.45, 2.75) is 18.5 Å². The molecule has 0 radical (unpaired) electrons. The van der Waals surface area contributed by atoms with E-state index in [4.69, 9.17) is 17.4 Å². The number of piperazine rings is 1. The first-order valence-electron chi connectivity index (χ1n) is 6.81. The fourth-order valence-corrected chi connectivity index (χ4v) is 2.86. The van der Waals surface area contributed by atoms with Gasteiger partial charge in [-0.05, 0) is 32.6 Å². The lowest BCUT2D eigenvalue weighted by molar-refractivity contribution is 0.101. The molecule has 2 rings (SSSR count). The third-order valence-electron chi connectivity index (χ3n) is 4.03. The van der Waals surface area contributed by atoms with E-state index in [0.29, 0.717) is 16.6 Å². The normalized spacial score (nSPS) is 22.9. The standard InChI is InChI=1S/C14H22ClFN4/c1-19-5-6-20(2)11(9-19)8-14(18-17)12-4-3-10(15)7-13(12)16/h3-4,7,11,14,18H,5-6,8-9,17H2,1-2H3. The van der Waals surface area contributed by atoms with Crippen molar-refractivity contribution < 1.29 is 4.39 Å². The Kier molecular flexibility index (Phi) is 5.35. The molecule has 1 heterocycles. The zero-order valence-corrected chi connectivity index (χ0v) is 12.7. The number of hydrogen-bond acceptors (Lipinski definition) is 4. The van der Waals surface area contributed by atoms with Crippen LogP contribution in [0.4, 0.5) is 4.39 Å². The molecule has 1 aliphatic heterocycles. The second-order valence-electron chi connectivity index (χ2n) is 5.52. The molecule has 1 saturated heterocycles. The lowest BCUT2D eigenvalue weighted by Crippen LogP contribution is -2.51. The molecule has 2 unspecified atom stereocenters. The summed E-state index contributed by atoms with van der Waals surface area (Å²) < 4.78 is 14.0. The van der Waals surface area contributed by atoms with Crippen molar-refractivity contribution in [3.05, 3.63) is 34.6 Å². The van der Waals surface area contributed by atoms with Gasteiger partial charge >= 0.3 is 0 Å². The number of benzene rings is 1. The molecular weight excluding hydrogens is 279 g/mol. The number of hydrogen-bond donors (Lipinski definition) is 2. The number of nitrogens with zero attached hydrogens (tertiary/aromatic N) is 2. The number of likely N-dealkylation sites (N-methyl/N-ethyl adjacent to an activating group) is 2. The van der Waals surface area contributed by atoms with E-state index in [0.717, 1.165) is 26.1 Å². The SMILES string of the molecule is CN1CCN(C)C(CC(NN)c2ccc(Cl)cc2F)C1. The fraction of sp³-hybridized carbons (Fsp3) is 0.571. The van der Waals surface area contributed by atoms with Crippen molar-refractivity contribution in [1.82, 2.24) is 15.2 Å². The van der Waals surface area contributed by atoms with Gasteiger partial charge in [-0.3, -0.25) is 11.3 Å². The molecular formula is C14H22ClFN4. The van der Waals surface area contributed by atoms with Gasteiger partial charge in [-0.2, -0.15) is 0 Å². The van der Waals surface area contributed by atoms with E-state index in [-0.39, 0.29) is 11.9 Å². The summed E-state index contributed by atoms with van der Waals surface area (Å²) >= 11 is 5.79. The third kappa shape index (κ3) is 3.68. The lowest BCUT2D eigenvalue weighted by Gasteiger charge is -2.39. The maximum atomic E-state index is 14.0. The highest BCUT2D eigenvalue weighted by molar-refractivity contribution is 6.30. The largest absolute Gasteiger partial charge is 0.304 e. The molecule has 1 aliphatic rings. The van der Waals surface area contributed by atoms with Gasteiger partial charge in [0.15, 0.2) is 0 Å². The van der Waals surface area contributed by atoms with Gasteiger partial charge in [0.2, 0.25) is 0 Å². The summed E-state index contributed by atoms with van der Waals surface area (Å²) in [5.41, 5.74) is 3.30. The van der Waals surface area contributed by atoms with Gasteiger partial charge < -0.3 is 9.80 Å². The van der Waals surface area contributed by atoms with E-state index in [1.807, 2.05) is 0 Å². The van der Waals surface area contributed by atoms with Crippen molar-refractivity contribution in [1.29, 1.82) is 0 Å². The number of hydrazine groups is 1. The molecule has 1 aromatic carbocycles. The maximum Gasteiger partial charge on any atom is 0.129 e. The van der Waals surface area contributed by atoms with Crippen LogP contribution >= 0.6 is 11.6 Å². The molecule has 112 valence electrons. The van der Waals surface area contributed by atoms with Gasteiger partial charge in [0, 0.05) is 36.3 Å². The fourth-order valence-electron chi connectivity index (χ4n) is 2.70. The molecule has 2 atom stereocenters. The van der Waals surface area contributed by atoms with Crippen LogP contribution in [0.15, 0.2) is 18.2 Å². The Morgan fingerprint density at radius 1 is 1.45 bits per heavy atom. The van der Waals surface area contributed by atoms with Crippen LogP contribution in [0.2, 0.25) is 5.02 Å². The number of rotatable bonds is 4. The van der Waals surface area contributed by atoms with Crippen molar-refractivity contribution in [3.63, 3.8) is 0 Å². The minimum Gasteiger partial charge on any atom is -0.304 e. The van der Waals surface area contributed by atoms with Gasteiger partial charge in [-0.15, -0.1) is 0 Å². The van der Waals surface area contributed by atoms with E-state index >= 15 is 0 Å². The Bertz CT molecular complexity index is 457. The van der Waals surface area contributed by atoms with Gasteiger partial charge in [0.1, 0.15) is 5.82 Å². The quantitative estimate of drug-likeness (QED) is 0.655. The summed E-state index contributed by atoms with van der Waals surface area (Å²) in [4.78, 5) is 4.59. The minimum atomic E-state index is -0.313. The lowest BCUT2D eigenvalue weighted by atomic mass is 9.97. The Morgan fingerprint density at radius 2 is 2.20 bits per heavy atom. The average Bonchev–Trinajstić information content (AvgIpc) is 2.40. The first-order valence-corrected chi connectivity index (χ1v) is 7.19. The molecule has 0 aliphatic carbocycles. The first-order chi connectivity index (χ1) is 9.51. The van der Waals surface area contributed by atoms with Crippen LogP contribution in [-0.4, -0.2) is 49.6 Å². The molecule has 1 fully saturated rings. The van der Waals surface area contributed by atoms with Crippen LogP contribution in [-0.2, 0) is 0 Å². The van der Waals surface area contributed by atoms with Gasteiger partial charge in [-0.1, -0.05) is 17.7 Å². The average molecular weight is 301 g/mol. The Hall–Kier alpha value is -0.720. The van der Waals surface area contributed by atoms with Crippen molar-refractivity contribution >= 4 is 11.6 Å². The zero-order chi connectivity index (χ0) is 14.7. The molecule has 1 aromatic rings. The molecule has 4 nitrogen and oxygen atoms in total. The summed E-state index contributed by atoms with van der Waals surface area (Å²) in [5.74, 6) is 5.31. The number of nitrogens with one attached hydrogen (secondary N) is 1. The molecule has 0 amide bonds. The Labute approximate surface area is 124 Å². The van der Waals surface area contributed by atoms with Gasteiger partial charge in [0.25, 0.3) is 0 Å². The van der Waals surface area contributed by atoms with Gasteiger partial charge in [0.05, 0.1) is 6.04 Å². The minimum absolute atomic E-state index is 0.216. The van der Waals surface area contributed by atoms with Gasteiger partial charge in [-0.25, -0.2) is 4.39 Å².